The molecule has 0 radical (unpaired) electrons. The second-order valence-electron chi connectivity index (χ2n) is 6.06. The van der Waals surface area contributed by atoms with E-state index < -0.39 is 52.8 Å². The summed E-state index contributed by atoms with van der Waals surface area (Å²) in [5.74, 6) is -9.58. The fourth-order valence-corrected chi connectivity index (χ4v) is 3.51. The second-order valence-corrected chi connectivity index (χ2v) is 6.06. The van der Waals surface area contributed by atoms with E-state index in [0.29, 0.717) is 6.42 Å². The molecule has 0 aliphatic heterocycles. The maximum atomic E-state index is 14.5. The Morgan fingerprint density at radius 3 is 2.38 bits per heavy atom. The first kappa shape index (κ1) is 17.2. The van der Waals surface area contributed by atoms with Crippen LogP contribution in [-0.2, 0) is 12.3 Å². The van der Waals surface area contributed by atoms with Crippen LogP contribution in [0, 0.1) is 23.4 Å². The van der Waals surface area contributed by atoms with Crippen molar-refractivity contribution in [3.63, 3.8) is 0 Å². The molecule has 2 N–H and O–H groups in total. The Morgan fingerprint density at radius 1 is 1.12 bits per heavy atom. The van der Waals surface area contributed by atoms with Gasteiger partial charge < -0.3 is 10.0 Å². The lowest BCUT2D eigenvalue weighted by Gasteiger charge is -2.20. The third-order valence-corrected chi connectivity index (χ3v) is 4.64. The highest BCUT2D eigenvalue weighted by atomic mass is 19.3. The van der Waals surface area contributed by atoms with Gasteiger partial charge in [0.25, 0.3) is 5.92 Å². The fraction of sp³-hybridized carbons (Fsp3) is 0.375. The molecule has 2 nitrogen and oxygen atoms in total. The van der Waals surface area contributed by atoms with E-state index in [0.717, 1.165) is 12.1 Å². The normalized spacial score (nSPS) is 18.9. The molecule has 1 atom stereocenters. The molecule has 0 saturated heterocycles. The van der Waals surface area contributed by atoms with Crippen LogP contribution in [0.2, 0.25) is 0 Å². The zero-order valence-electron chi connectivity index (χ0n) is 12.7. The van der Waals surface area contributed by atoms with Crippen LogP contribution in [0.25, 0.3) is 10.8 Å². The molecule has 8 heteroatoms. The standard InChI is InChI=1S/C16H14BF5O2/c1-2-3-7-6-9-8-4-5-10(17(23)24)13(18)11(8)14(19)15(20)12(9)16(7,21)22/h4-5,7,23-24H,2-3,6H2,1H3. The van der Waals surface area contributed by atoms with Gasteiger partial charge in [-0.3, -0.25) is 0 Å². The van der Waals surface area contributed by atoms with E-state index in [-0.39, 0.29) is 23.8 Å². The van der Waals surface area contributed by atoms with Crippen molar-refractivity contribution in [2.45, 2.75) is 32.1 Å². The highest BCUT2D eigenvalue weighted by molar-refractivity contribution is 6.59. The van der Waals surface area contributed by atoms with Crippen LogP contribution < -0.4 is 5.46 Å². The summed E-state index contributed by atoms with van der Waals surface area (Å²) in [6.45, 7) is 1.71. The van der Waals surface area contributed by atoms with Gasteiger partial charge in [0.2, 0.25) is 0 Å². The van der Waals surface area contributed by atoms with Crippen LogP contribution in [-0.4, -0.2) is 17.2 Å². The summed E-state index contributed by atoms with van der Waals surface area (Å²) >= 11 is 0. The van der Waals surface area contributed by atoms with Crippen molar-refractivity contribution in [3.8, 4) is 0 Å². The van der Waals surface area contributed by atoms with E-state index in [1.54, 1.807) is 6.92 Å². The van der Waals surface area contributed by atoms with Crippen molar-refractivity contribution in [1.82, 2.24) is 0 Å². The number of halogens is 5. The molecule has 3 rings (SSSR count). The van der Waals surface area contributed by atoms with Crippen molar-refractivity contribution in [2.75, 3.05) is 0 Å². The van der Waals surface area contributed by atoms with Gasteiger partial charge in [0, 0.05) is 11.4 Å². The molecule has 1 aliphatic carbocycles. The van der Waals surface area contributed by atoms with Crippen LogP contribution in [0.15, 0.2) is 12.1 Å². The van der Waals surface area contributed by atoms with Gasteiger partial charge >= 0.3 is 7.12 Å². The first-order valence-corrected chi connectivity index (χ1v) is 7.58. The molecule has 2 aromatic rings. The first-order valence-electron chi connectivity index (χ1n) is 7.58. The zero-order valence-corrected chi connectivity index (χ0v) is 12.7. The van der Waals surface area contributed by atoms with Gasteiger partial charge in [-0.25, -0.2) is 22.0 Å². The topological polar surface area (TPSA) is 40.5 Å². The molecule has 1 aliphatic rings. The van der Waals surface area contributed by atoms with Crippen molar-refractivity contribution in [1.29, 1.82) is 0 Å². The molecule has 0 heterocycles. The van der Waals surface area contributed by atoms with Crippen LogP contribution >= 0.6 is 0 Å². The summed E-state index contributed by atoms with van der Waals surface area (Å²) in [7, 11) is -2.22. The Kier molecular flexibility index (Phi) is 4.08. The smallest absolute Gasteiger partial charge is 0.423 e. The van der Waals surface area contributed by atoms with E-state index in [1.165, 1.54) is 0 Å². The molecule has 0 amide bonds. The zero-order chi connectivity index (χ0) is 17.8. The van der Waals surface area contributed by atoms with E-state index in [9.17, 15) is 22.0 Å². The minimum atomic E-state index is -3.53. The van der Waals surface area contributed by atoms with Crippen molar-refractivity contribution in [3.05, 3.63) is 40.7 Å². The van der Waals surface area contributed by atoms with Crippen molar-refractivity contribution < 1.29 is 32.0 Å². The Hall–Kier alpha value is -1.67. The highest BCUT2D eigenvalue weighted by Crippen LogP contribution is 2.51. The number of rotatable bonds is 3. The summed E-state index contributed by atoms with van der Waals surface area (Å²) in [6, 6.07) is 2.10. The maximum Gasteiger partial charge on any atom is 0.491 e. The number of hydrogen-bond donors (Lipinski definition) is 2. The summed E-state index contributed by atoms with van der Waals surface area (Å²) in [6.07, 6.45) is 0.385. The summed E-state index contributed by atoms with van der Waals surface area (Å²) in [5, 5.41) is 17.2. The Labute approximate surface area is 135 Å². The lowest BCUT2D eigenvalue weighted by atomic mass is 9.78. The molecule has 0 spiro atoms. The van der Waals surface area contributed by atoms with Crippen molar-refractivity contribution in [2.24, 2.45) is 5.92 Å². The Bertz CT molecular complexity index is 822. The van der Waals surface area contributed by atoms with Crippen LogP contribution in [0.3, 0.4) is 0 Å². The SMILES string of the molecule is CCCC1Cc2c(c(F)c(F)c3c(F)c(B(O)O)ccc23)C1(F)F. The minimum Gasteiger partial charge on any atom is -0.423 e. The molecule has 0 fully saturated rings. The van der Waals surface area contributed by atoms with Crippen LogP contribution in [0.5, 0.6) is 0 Å². The molecule has 128 valence electrons. The second kappa shape index (κ2) is 5.70. The predicted molar refractivity (Wildman–Crippen MR) is 79.6 cm³/mol. The molecule has 0 bridgehead atoms. The highest BCUT2D eigenvalue weighted by Gasteiger charge is 2.51. The van der Waals surface area contributed by atoms with E-state index in [1.807, 2.05) is 0 Å². The molecule has 2 aromatic carbocycles. The van der Waals surface area contributed by atoms with Gasteiger partial charge in [-0.05, 0) is 23.8 Å². The monoisotopic (exact) mass is 344 g/mol. The molecule has 0 saturated carbocycles. The molecule has 1 unspecified atom stereocenters. The van der Waals surface area contributed by atoms with Crippen LogP contribution in [0.4, 0.5) is 22.0 Å². The van der Waals surface area contributed by atoms with E-state index >= 15 is 0 Å². The van der Waals surface area contributed by atoms with Gasteiger partial charge in [-0.1, -0.05) is 25.5 Å². The largest absolute Gasteiger partial charge is 0.491 e. The predicted octanol–water partition coefficient (Wildman–Crippen LogP) is 3.00. The van der Waals surface area contributed by atoms with E-state index in [4.69, 9.17) is 10.0 Å². The van der Waals surface area contributed by atoms with E-state index in [2.05, 4.69) is 0 Å². The van der Waals surface area contributed by atoms with Gasteiger partial charge in [0.1, 0.15) is 5.82 Å². The molecule has 24 heavy (non-hydrogen) atoms. The summed E-state index contributed by atoms with van der Waals surface area (Å²) in [5.41, 5.74) is -1.77. The van der Waals surface area contributed by atoms with Gasteiger partial charge in [0.15, 0.2) is 11.6 Å². The number of fused-ring (bicyclic) bond motifs is 3. The lowest BCUT2D eigenvalue weighted by Crippen LogP contribution is -2.33. The fourth-order valence-electron chi connectivity index (χ4n) is 3.51. The molecular weight excluding hydrogens is 330 g/mol. The number of alkyl halides is 2. The average molecular weight is 344 g/mol. The summed E-state index contributed by atoms with van der Waals surface area (Å²) < 4.78 is 71.9. The third kappa shape index (κ3) is 2.23. The molecular formula is C16H14BF5O2. The van der Waals surface area contributed by atoms with Crippen molar-refractivity contribution >= 4 is 23.4 Å². The Balaban J connectivity index is 2.36. The first-order chi connectivity index (χ1) is 11.2. The molecule has 0 aromatic heterocycles. The maximum absolute atomic E-state index is 14.5. The minimum absolute atomic E-state index is 0.120. The number of hydrogen-bond acceptors (Lipinski definition) is 2. The third-order valence-electron chi connectivity index (χ3n) is 4.64. The van der Waals surface area contributed by atoms with Crippen LogP contribution in [0.1, 0.15) is 30.9 Å². The lowest BCUT2D eigenvalue weighted by molar-refractivity contribution is -0.0581. The summed E-state index contributed by atoms with van der Waals surface area (Å²) in [4.78, 5) is 0. The van der Waals surface area contributed by atoms with Gasteiger partial charge in [-0.15, -0.1) is 0 Å². The number of benzene rings is 2. The van der Waals surface area contributed by atoms with Gasteiger partial charge in [-0.2, -0.15) is 0 Å². The quantitative estimate of drug-likeness (QED) is 0.664. The Morgan fingerprint density at radius 2 is 1.79 bits per heavy atom. The van der Waals surface area contributed by atoms with Gasteiger partial charge in [0.05, 0.1) is 10.9 Å². The average Bonchev–Trinajstić information content (AvgIpc) is 2.76.